The minimum Gasteiger partial charge on any atom is -0.357 e. The zero-order valence-corrected chi connectivity index (χ0v) is 25.9. The average Bonchev–Trinajstić information content (AvgIpc) is 3.44. The Kier molecular flexibility index (Phi) is 7.42. The number of carbonyl (C=O) groups is 1. The van der Waals surface area contributed by atoms with Gasteiger partial charge in [-0.3, -0.25) is 14.7 Å². The van der Waals surface area contributed by atoms with Gasteiger partial charge in [0, 0.05) is 55.0 Å². The lowest BCUT2D eigenvalue weighted by atomic mass is 9.92. The van der Waals surface area contributed by atoms with Crippen molar-refractivity contribution in [2.24, 2.45) is 7.05 Å². The fraction of sp³-hybridized carbons (Fsp3) is 0.303. The Morgan fingerprint density at radius 2 is 1.82 bits per heavy atom. The van der Waals surface area contributed by atoms with Crippen LogP contribution < -0.4 is 26.8 Å². The van der Waals surface area contributed by atoms with Gasteiger partial charge in [-0.15, -0.1) is 0 Å². The lowest BCUT2D eigenvalue weighted by molar-refractivity contribution is 0.262. The van der Waals surface area contributed by atoms with Crippen LogP contribution in [0.1, 0.15) is 43.2 Å². The zero-order chi connectivity index (χ0) is 31.2. The second-order valence-corrected chi connectivity index (χ2v) is 12.2. The van der Waals surface area contributed by atoms with Gasteiger partial charge in [-0.05, 0) is 72.5 Å². The molecule has 4 N–H and O–H groups in total. The molecule has 1 aliphatic rings. The molecule has 0 unspecified atom stereocenters. The molecule has 2 amide bonds. The Balaban J connectivity index is 1.30. The first-order valence-corrected chi connectivity index (χ1v) is 14.7. The van der Waals surface area contributed by atoms with E-state index in [1.165, 1.54) is 15.7 Å². The summed E-state index contributed by atoms with van der Waals surface area (Å²) in [5.74, 6) is 1.01. The zero-order valence-electron chi connectivity index (χ0n) is 25.9. The first kappa shape index (κ1) is 29.1. The number of aromatic nitrogens is 5. The molecule has 4 heterocycles. The predicted molar refractivity (Wildman–Crippen MR) is 175 cm³/mol. The first-order valence-electron chi connectivity index (χ1n) is 14.7. The Morgan fingerprint density at radius 1 is 1.00 bits per heavy atom. The van der Waals surface area contributed by atoms with Crippen LogP contribution in [0.2, 0.25) is 0 Å². The van der Waals surface area contributed by atoms with Gasteiger partial charge < -0.3 is 16.0 Å². The summed E-state index contributed by atoms with van der Waals surface area (Å²) in [4.78, 5) is 35.6. The highest BCUT2D eigenvalue weighted by Gasteiger charge is 2.23. The molecule has 0 saturated carbocycles. The molecule has 44 heavy (non-hydrogen) atoms. The van der Waals surface area contributed by atoms with E-state index in [2.05, 4.69) is 64.1 Å². The number of carbonyl (C=O) groups excluding carboxylic acids is 1. The number of nitrogens with zero attached hydrogens (tertiary/aromatic N) is 5. The van der Waals surface area contributed by atoms with Crippen LogP contribution in [0.3, 0.4) is 0 Å². The summed E-state index contributed by atoms with van der Waals surface area (Å²) in [7, 11) is 3.43. The third-order valence-corrected chi connectivity index (χ3v) is 8.00. The smallest absolute Gasteiger partial charge is 0.324 e. The fourth-order valence-electron chi connectivity index (χ4n) is 5.46. The van der Waals surface area contributed by atoms with Crippen molar-refractivity contribution in [2.75, 3.05) is 29.5 Å². The number of fused-ring (bicyclic) bond motifs is 2. The van der Waals surface area contributed by atoms with Crippen LogP contribution in [-0.2, 0) is 25.4 Å². The second-order valence-electron chi connectivity index (χ2n) is 12.2. The maximum atomic E-state index is 13.4. The molecule has 11 heteroatoms. The molecule has 226 valence electrons. The molecule has 6 rings (SSSR count). The maximum Gasteiger partial charge on any atom is 0.324 e. The van der Waals surface area contributed by atoms with Crippen LogP contribution in [0.5, 0.6) is 0 Å². The summed E-state index contributed by atoms with van der Waals surface area (Å²) in [6, 6.07) is 15.1. The maximum absolute atomic E-state index is 13.4. The normalized spacial score (nSPS) is 13.0. The highest BCUT2D eigenvalue weighted by atomic mass is 16.2. The number of nitrogens with one attached hydrogen (secondary N) is 4. The number of hydrogen-bond donors (Lipinski definition) is 4. The molecule has 0 saturated heterocycles. The summed E-state index contributed by atoms with van der Waals surface area (Å²) >= 11 is 0. The van der Waals surface area contributed by atoms with Gasteiger partial charge in [-0.2, -0.15) is 10.1 Å². The Morgan fingerprint density at radius 3 is 2.59 bits per heavy atom. The van der Waals surface area contributed by atoms with Crippen molar-refractivity contribution in [1.82, 2.24) is 29.6 Å². The van der Waals surface area contributed by atoms with Crippen LogP contribution in [0, 0.1) is 6.92 Å². The number of hydrogen-bond acceptors (Lipinski definition) is 7. The van der Waals surface area contributed by atoms with Crippen molar-refractivity contribution < 1.29 is 4.79 Å². The topological polar surface area (TPSA) is 131 Å². The lowest BCUT2D eigenvalue weighted by Crippen LogP contribution is -2.24. The number of pyridine rings is 1. The highest BCUT2D eigenvalue weighted by Crippen LogP contribution is 2.29. The molecule has 11 nitrogen and oxygen atoms in total. The summed E-state index contributed by atoms with van der Waals surface area (Å²) < 4.78 is 3.31. The van der Waals surface area contributed by atoms with Crippen molar-refractivity contribution in [1.29, 1.82) is 0 Å². The van der Waals surface area contributed by atoms with Gasteiger partial charge in [0.15, 0.2) is 0 Å². The molecular formula is C33H37N9O2. The summed E-state index contributed by atoms with van der Waals surface area (Å²) in [5, 5.41) is 17.9. The number of benzene rings is 2. The van der Waals surface area contributed by atoms with Crippen molar-refractivity contribution in [2.45, 2.75) is 46.1 Å². The molecule has 1 aliphatic heterocycles. The van der Waals surface area contributed by atoms with Gasteiger partial charge in [0.1, 0.15) is 11.5 Å². The summed E-state index contributed by atoms with van der Waals surface area (Å²) in [6.45, 7) is 10.0. The van der Waals surface area contributed by atoms with Crippen molar-refractivity contribution in [3.63, 3.8) is 0 Å². The molecule has 0 atom stereocenters. The van der Waals surface area contributed by atoms with E-state index in [-0.39, 0.29) is 11.0 Å². The quantitative estimate of drug-likeness (QED) is 0.223. The Hall–Kier alpha value is -5.03. The average molecular weight is 592 g/mol. The van der Waals surface area contributed by atoms with Crippen molar-refractivity contribution in [3.8, 4) is 16.8 Å². The van der Waals surface area contributed by atoms with Gasteiger partial charge in [-0.1, -0.05) is 32.9 Å². The van der Waals surface area contributed by atoms with Crippen molar-refractivity contribution in [3.05, 3.63) is 87.5 Å². The minimum absolute atomic E-state index is 0.192. The predicted octanol–water partition coefficient (Wildman–Crippen LogP) is 5.12. The van der Waals surface area contributed by atoms with E-state index < -0.39 is 6.03 Å². The highest BCUT2D eigenvalue weighted by molar-refractivity contribution is 6.00. The summed E-state index contributed by atoms with van der Waals surface area (Å²) in [5.41, 5.74) is 7.11. The number of anilines is 3. The van der Waals surface area contributed by atoms with Gasteiger partial charge in [-0.25, -0.2) is 14.5 Å². The molecule has 0 radical (unpaired) electrons. The van der Waals surface area contributed by atoms with Gasteiger partial charge in [0.05, 0.1) is 11.4 Å². The van der Waals surface area contributed by atoms with E-state index in [4.69, 9.17) is 5.10 Å². The molecule has 0 bridgehead atoms. The van der Waals surface area contributed by atoms with E-state index in [9.17, 15) is 9.59 Å². The SMILES string of the molecule is CNc1ncc2cc(-c3cc(NC(=O)Nc4cc(C(C)(C)C)nn4-c4ccc5c(c4)CCNC5)ccc3C)c(=O)n(C)c2n1. The number of amides is 2. The van der Waals surface area contributed by atoms with Gasteiger partial charge in [0.2, 0.25) is 5.95 Å². The van der Waals surface area contributed by atoms with Crippen LogP contribution >= 0.6 is 0 Å². The minimum atomic E-state index is -0.414. The molecular weight excluding hydrogens is 554 g/mol. The van der Waals surface area contributed by atoms with Crippen LogP contribution in [0.4, 0.5) is 22.2 Å². The third-order valence-electron chi connectivity index (χ3n) is 8.00. The molecule has 2 aromatic carbocycles. The third kappa shape index (κ3) is 5.53. The molecule has 3 aromatic heterocycles. The van der Waals surface area contributed by atoms with Gasteiger partial charge >= 0.3 is 6.03 Å². The number of urea groups is 1. The molecule has 0 aliphatic carbocycles. The van der Waals surface area contributed by atoms with Crippen molar-refractivity contribution >= 4 is 34.5 Å². The van der Waals surface area contributed by atoms with Crippen LogP contribution in [0.15, 0.2) is 59.5 Å². The van der Waals surface area contributed by atoms with E-state index in [0.717, 1.165) is 41.8 Å². The second kappa shape index (κ2) is 11.2. The fourth-order valence-corrected chi connectivity index (χ4v) is 5.46. The Bertz CT molecular complexity index is 1970. The monoisotopic (exact) mass is 591 g/mol. The van der Waals surface area contributed by atoms with E-state index in [1.807, 2.05) is 37.3 Å². The summed E-state index contributed by atoms with van der Waals surface area (Å²) in [6.07, 6.45) is 2.64. The van der Waals surface area contributed by atoms with E-state index in [0.29, 0.717) is 34.2 Å². The standard InChI is InChI=1S/C33H37N9O2/c1-19-7-9-23(15-25(19)26-14-22-18-36-31(34-5)39-29(22)41(6)30(26)43)37-32(44)38-28-16-27(33(2,3)4)40-42(28)24-10-8-21-17-35-12-11-20(21)13-24/h7-10,13-16,18,35H,11-12,17H2,1-6H3,(H,34,36,39)(H2,37,38,44). The van der Waals surface area contributed by atoms with Gasteiger partial charge in [0.25, 0.3) is 5.56 Å². The van der Waals surface area contributed by atoms with Crippen LogP contribution in [0.25, 0.3) is 27.8 Å². The lowest BCUT2D eigenvalue weighted by Gasteiger charge is -2.19. The van der Waals surface area contributed by atoms with Crippen LogP contribution in [-0.4, -0.2) is 43.9 Å². The Labute approximate surface area is 255 Å². The largest absolute Gasteiger partial charge is 0.357 e. The molecule has 0 fully saturated rings. The molecule has 5 aromatic rings. The molecule has 0 spiro atoms. The number of rotatable bonds is 5. The number of aryl methyl sites for hydroxylation is 2. The van der Waals surface area contributed by atoms with E-state index in [1.54, 1.807) is 31.0 Å². The van der Waals surface area contributed by atoms with E-state index >= 15 is 0 Å². The first-order chi connectivity index (χ1) is 21.0.